The van der Waals surface area contributed by atoms with Crippen LogP contribution in [0.25, 0.3) is 0 Å². The number of rotatable bonds is 4. The second-order valence-corrected chi connectivity index (χ2v) is 6.03. The van der Waals surface area contributed by atoms with Gasteiger partial charge < -0.3 is 10.3 Å². The molecule has 0 atom stereocenters. The SMILES string of the molecule is Cc1nc2c(n1CCC(C)(C)CN)CCCC2. The molecule has 0 spiro atoms. The van der Waals surface area contributed by atoms with Crippen LogP contribution in [0.3, 0.4) is 0 Å². The molecule has 0 aromatic carbocycles. The zero-order valence-corrected chi connectivity index (χ0v) is 11.4. The monoisotopic (exact) mass is 235 g/mol. The molecule has 0 unspecified atom stereocenters. The van der Waals surface area contributed by atoms with Crippen molar-refractivity contribution in [2.24, 2.45) is 11.1 Å². The highest BCUT2D eigenvalue weighted by atomic mass is 15.1. The molecule has 1 aromatic heterocycles. The Labute approximate surface area is 104 Å². The molecule has 0 aliphatic heterocycles. The number of nitrogens with two attached hydrogens (primary N) is 1. The first-order chi connectivity index (χ1) is 8.03. The van der Waals surface area contributed by atoms with E-state index in [-0.39, 0.29) is 5.41 Å². The Morgan fingerprint density at radius 2 is 2.00 bits per heavy atom. The van der Waals surface area contributed by atoms with E-state index in [1.54, 1.807) is 0 Å². The molecule has 0 amide bonds. The average Bonchev–Trinajstić information content (AvgIpc) is 2.62. The number of aromatic nitrogens is 2. The van der Waals surface area contributed by atoms with E-state index in [0.717, 1.165) is 19.5 Å². The summed E-state index contributed by atoms with van der Waals surface area (Å²) in [4.78, 5) is 4.71. The minimum absolute atomic E-state index is 0.234. The Morgan fingerprint density at radius 1 is 1.29 bits per heavy atom. The smallest absolute Gasteiger partial charge is 0.106 e. The topological polar surface area (TPSA) is 43.8 Å². The molecule has 3 nitrogen and oxygen atoms in total. The zero-order chi connectivity index (χ0) is 12.5. The van der Waals surface area contributed by atoms with Crippen molar-refractivity contribution in [3.63, 3.8) is 0 Å². The third-order valence-corrected chi connectivity index (χ3v) is 3.99. The van der Waals surface area contributed by atoms with Gasteiger partial charge in [0, 0.05) is 12.2 Å². The molecular formula is C14H25N3. The van der Waals surface area contributed by atoms with Crippen LogP contribution in [0.4, 0.5) is 0 Å². The summed E-state index contributed by atoms with van der Waals surface area (Å²) in [5.41, 5.74) is 8.87. The van der Waals surface area contributed by atoms with Gasteiger partial charge in [-0.2, -0.15) is 0 Å². The maximum atomic E-state index is 5.80. The number of hydrogen-bond acceptors (Lipinski definition) is 2. The van der Waals surface area contributed by atoms with E-state index in [4.69, 9.17) is 10.7 Å². The lowest BCUT2D eigenvalue weighted by atomic mass is 9.89. The minimum atomic E-state index is 0.234. The predicted molar refractivity (Wildman–Crippen MR) is 71.1 cm³/mol. The Balaban J connectivity index is 2.13. The van der Waals surface area contributed by atoms with Gasteiger partial charge in [-0.25, -0.2) is 4.98 Å². The third-order valence-electron chi connectivity index (χ3n) is 3.99. The van der Waals surface area contributed by atoms with Gasteiger partial charge in [-0.15, -0.1) is 0 Å². The minimum Gasteiger partial charge on any atom is -0.332 e. The predicted octanol–water partition coefficient (Wildman–Crippen LogP) is 2.45. The fourth-order valence-electron chi connectivity index (χ4n) is 2.55. The molecule has 0 saturated heterocycles. The van der Waals surface area contributed by atoms with Crippen LogP contribution in [0.5, 0.6) is 0 Å². The van der Waals surface area contributed by atoms with Gasteiger partial charge in [-0.3, -0.25) is 0 Å². The van der Waals surface area contributed by atoms with Crippen LogP contribution in [0.15, 0.2) is 0 Å². The van der Waals surface area contributed by atoms with E-state index in [0.29, 0.717) is 0 Å². The van der Waals surface area contributed by atoms with Gasteiger partial charge in [0.1, 0.15) is 5.82 Å². The van der Waals surface area contributed by atoms with Crippen LogP contribution in [-0.4, -0.2) is 16.1 Å². The van der Waals surface area contributed by atoms with Crippen molar-refractivity contribution in [1.29, 1.82) is 0 Å². The second kappa shape index (κ2) is 4.81. The molecule has 2 N–H and O–H groups in total. The van der Waals surface area contributed by atoms with Gasteiger partial charge in [0.15, 0.2) is 0 Å². The van der Waals surface area contributed by atoms with Crippen molar-refractivity contribution >= 4 is 0 Å². The fraction of sp³-hybridized carbons (Fsp3) is 0.786. The Hall–Kier alpha value is -0.830. The largest absolute Gasteiger partial charge is 0.332 e. The molecule has 2 rings (SSSR count). The molecule has 0 bridgehead atoms. The van der Waals surface area contributed by atoms with Crippen LogP contribution in [0, 0.1) is 12.3 Å². The van der Waals surface area contributed by atoms with Gasteiger partial charge in [-0.1, -0.05) is 13.8 Å². The number of nitrogens with zero attached hydrogens (tertiary/aromatic N) is 2. The summed E-state index contributed by atoms with van der Waals surface area (Å²) in [5, 5.41) is 0. The van der Waals surface area contributed by atoms with E-state index in [2.05, 4.69) is 25.3 Å². The fourth-order valence-corrected chi connectivity index (χ4v) is 2.55. The van der Waals surface area contributed by atoms with Crippen molar-refractivity contribution in [1.82, 2.24) is 9.55 Å². The molecule has 1 heterocycles. The maximum Gasteiger partial charge on any atom is 0.106 e. The maximum absolute atomic E-state index is 5.80. The molecule has 1 aliphatic carbocycles. The summed E-state index contributed by atoms with van der Waals surface area (Å²) >= 11 is 0. The van der Waals surface area contributed by atoms with Gasteiger partial charge in [0.2, 0.25) is 0 Å². The molecule has 1 aliphatic rings. The van der Waals surface area contributed by atoms with Crippen molar-refractivity contribution in [3.8, 4) is 0 Å². The number of hydrogen-bond donors (Lipinski definition) is 1. The van der Waals surface area contributed by atoms with Crippen molar-refractivity contribution < 1.29 is 0 Å². The van der Waals surface area contributed by atoms with E-state index in [9.17, 15) is 0 Å². The van der Waals surface area contributed by atoms with Gasteiger partial charge in [0.25, 0.3) is 0 Å². The van der Waals surface area contributed by atoms with Crippen molar-refractivity contribution in [2.75, 3.05) is 6.54 Å². The number of imidazole rings is 1. The first-order valence-corrected chi connectivity index (χ1v) is 6.78. The molecule has 1 aromatic rings. The van der Waals surface area contributed by atoms with Gasteiger partial charge in [0.05, 0.1) is 5.69 Å². The highest BCUT2D eigenvalue weighted by molar-refractivity contribution is 5.19. The second-order valence-electron chi connectivity index (χ2n) is 6.03. The third kappa shape index (κ3) is 2.71. The normalized spacial score (nSPS) is 16.0. The lowest BCUT2D eigenvalue weighted by Crippen LogP contribution is -2.25. The average molecular weight is 235 g/mol. The molecule has 0 radical (unpaired) electrons. The van der Waals surface area contributed by atoms with Crippen LogP contribution < -0.4 is 5.73 Å². The molecular weight excluding hydrogens is 210 g/mol. The summed E-state index contributed by atoms with van der Waals surface area (Å²) in [6.45, 7) is 8.44. The summed E-state index contributed by atoms with van der Waals surface area (Å²) in [7, 11) is 0. The molecule has 96 valence electrons. The highest BCUT2D eigenvalue weighted by Gasteiger charge is 2.20. The number of aryl methyl sites for hydroxylation is 2. The first-order valence-electron chi connectivity index (χ1n) is 6.78. The van der Waals surface area contributed by atoms with E-state index < -0.39 is 0 Å². The highest BCUT2D eigenvalue weighted by Crippen LogP contribution is 2.25. The van der Waals surface area contributed by atoms with E-state index in [1.165, 1.54) is 42.9 Å². The van der Waals surface area contributed by atoms with Gasteiger partial charge >= 0.3 is 0 Å². The van der Waals surface area contributed by atoms with Crippen molar-refractivity contribution in [3.05, 3.63) is 17.2 Å². The Kier molecular flexibility index (Phi) is 3.57. The Bertz CT molecular complexity index is 390. The number of fused-ring (bicyclic) bond motifs is 1. The van der Waals surface area contributed by atoms with Crippen molar-refractivity contribution in [2.45, 2.75) is 59.4 Å². The lowest BCUT2D eigenvalue weighted by molar-refractivity contribution is 0.320. The molecule has 17 heavy (non-hydrogen) atoms. The summed E-state index contributed by atoms with van der Waals surface area (Å²) in [5.74, 6) is 1.18. The van der Waals surface area contributed by atoms with E-state index in [1.807, 2.05) is 0 Å². The lowest BCUT2D eigenvalue weighted by Gasteiger charge is -2.24. The van der Waals surface area contributed by atoms with Crippen LogP contribution in [-0.2, 0) is 19.4 Å². The van der Waals surface area contributed by atoms with Crippen LogP contribution in [0.2, 0.25) is 0 Å². The molecule has 0 saturated carbocycles. The standard InChI is InChI=1S/C14H25N3/c1-11-16-12-6-4-5-7-13(12)17(11)9-8-14(2,3)10-15/h4-10,15H2,1-3H3. The Morgan fingerprint density at radius 3 is 2.71 bits per heavy atom. The summed E-state index contributed by atoms with van der Waals surface area (Å²) in [6, 6.07) is 0. The molecule has 3 heteroatoms. The van der Waals surface area contributed by atoms with Crippen LogP contribution >= 0.6 is 0 Å². The summed E-state index contributed by atoms with van der Waals surface area (Å²) in [6.07, 6.45) is 6.13. The quantitative estimate of drug-likeness (QED) is 0.871. The first kappa shape index (κ1) is 12.6. The molecule has 0 fully saturated rings. The summed E-state index contributed by atoms with van der Waals surface area (Å²) < 4.78 is 2.42. The zero-order valence-electron chi connectivity index (χ0n) is 11.4. The van der Waals surface area contributed by atoms with Gasteiger partial charge in [-0.05, 0) is 51.0 Å². The van der Waals surface area contributed by atoms with Crippen LogP contribution in [0.1, 0.15) is 50.3 Å². The van der Waals surface area contributed by atoms with E-state index >= 15 is 0 Å².